The molecule has 92 valence electrons. The highest BCUT2D eigenvalue weighted by atomic mass is 16.4. The van der Waals surface area contributed by atoms with E-state index in [1.54, 1.807) is 5.01 Å². The first-order chi connectivity index (χ1) is 7.34. The van der Waals surface area contributed by atoms with Gasteiger partial charge in [0.2, 0.25) is 0 Å². The minimum Gasteiger partial charge on any atom is -0.529 e. The number of nitrogens with zero attached hydrogens (tertiary/aromatic N) is 1. The van der Waals surface area contributed by atoms with Gasteiger partial charge in [-0.2, -0.15) is 0 Å². The molecule has 1 aliphatic heterocycles. The van der Waals surface area contributed by atoms with Gasteiger partial charge in [-0.05, 0) is 17.4 Å². The summed E-state index contributed by atoms with van der Waals surface area (Å²) < 4.78 is 0. The molecule has 1 rings (SSSR count). The van der Waals surface area contributed by atoms with Crippen LogP contribution in [0.1, 0.15) is 27.2 Å². The van der Waals surface area contributed by atoms with Crippen molar-refractivity contribution < 1.29 is 15.0 Å². The predicted octanol–water partition coefficient (Wildman–Crippen LogP) is -0.127. The number of carbonyl (C=O) groups excluding carboxylic acids is 1. The molecule has 2 N–H and O–H groups in total. The van der Waals surface area contributed by atoms with Gasteiger partial charge >= 0.3 is 0 Å². The van der Waals surface area contributed by atoms with E-state index in [2.05, 4.69) is 26.2 Å². The molecule has 0 bridgehead atoms. The average Bonchev–Trinajstić information content (AvgIpc) is 2.14. The Morgan fingerprint density at radius 3 is 2.75 bits per heavy atom. The first-order valence-corrected chi connectivity index (χ1v) is 5.37. The Balaban J connectivity index is 2.81. The highest BCUT2D eigenvalue weighted by Gasteiger charge is 2.32. The van der Waals surface area contributed by atoms with E-state index in [1.807, 2.05) is 6.08 Å². The van der Waals surface area contributed by atoms with Crippen LogP contribution in [0.5, 0.6) is 0 Å². The number of aliphatic hydroxyl groups is 1. The van der Waals surface area contributed by atoms with E-state index in [4.69, 9.17) is 5.11 Å². The number of hydrogen-bond acceptors (Lipinski definition) is 4. The van der Waals surface area contributed by atoms with Gasteiger partial charge in [0, 0.05) is 12.6 Å². The number of nitrogens with one attached hydrogen (secondary N) is 1. The minimum absolute atomic E-state index is 0.0396. The number of carboxylic acid groups (broad SMARTS) is 1. The molecule has 0 aromatic rings. The molecule has 1 amide bonds. The van der Waals surface area contributed by atoms with E-state index < -0.39 is 6.09 Å². The van der Waals surface area contributed by atoms with E-state index >= 15 is 0 Å². The van der Waals surface area contributed by atoms with Gasteiger partial charge in [0.05, 0.1) is 6.61 Å². The summed E-state index contributed by atoms with van der Waals surface area (Å²) in [5, 5.41) is 21.3. The van der Waals surface area contributed by atoms with Crippen LogP contribution >= 0.6 is 0 Å². The van der Waals surface area contributed by atoms with Crippen LogP contribution in [0.3, 0.4) is 0 Å². The van der Waals surface area contributed by atoms with Gasteiger partial charge in [-0.15, -0.1) is 0 Å². The molecule has 1 atom stereocenters. The van der Waals surface area contributed by atoms with Crippen LogP contribution in [-0.4, -0.2) is 35.4 Å². The third kappa shape index (κ3) is 3.21. The Morgan fingerprint density at radius 2 is 2.31 bits per heavy atom. The van der Waals surface area contributed by atoms with E-state index in [0.717, 1.165) is 12.0 Å². The molecule has 0 aromatic carbocycles. The smallest absolute Gasteiger partial charge is 0.149 e. The second-order valence-corrected chi connectivity index (χ2v) is 5.17. The number of aliphatic hydroxyl groups excluding tert-OH is 1. The summed E-state index contributed by atoms with van der Waals surface area (Å²) in [4.78, 5) is 10.6. The van der Waals surface area contributed by atoms with Crippen LogP contribution in [0.15, 0.2) is 11.6 Å². The van der Waals surface area contributed by atoms with Gasteiger partial charge in [0.25, 0.3) is 0 Å². The summed E-state index contributed by atoms with van der Waals surface area (Å²) in [5.74, 6) is 0. The summed E-state index contributed by atoms with van der Waals surface area (Å²) in [6, 6.07) is 0.0701. The maximum absolute atomic E-state index is 10.6. The lowest BCUT2D eigenvalue weighted by Gasteiger charge is -2.43. The highest BCUT2D eigenvalue weighted by molar-refractivity contribution is 5.61. The summed E-state index contributed by atoms with van der Waals surface area (Å²) in [7, 11) is 0. The first-order valence-electron chi connectivity index (χ1n) is 5.37. The second-order valence-electron chi connectivity index (χ2n) is 5.17. The number of hydrazine groups is 1. The summed E-state index contributed by atoms with van der Waals surface area (Å²) >= 11 is 0. The fraction of sp³-hybridized carbons (Fsp3) is 0.727. The van der Waals surface area contributed by atoms with Crippen LogP contribution < -0.4 is 10.5 Å². The Kier molecular flexibility index (Phi) is 3.93. The normalized spacial score (nSPS) is 22.8. The van der Waals surface area contributed by atoms with Gasteiger partial charge in [-0.25, -0.2) is 5.01 Å². The summed E-state index contributed by atoms with van der Waals surface area (Å²) in [5.41, 5.74) is 3.08. The lowest BCUT2D eigenvalue weighted by molar-refractivity contribution is -0.258. The van der Waals surface area contributed by atoms with Gasteiger partial charge in [0.1, 0.15) is 6.09 Å². The van der Waals surface area contributed by atoms with Crippen molar-refractivity contribution in [3.05, 3.63) is 11.6 Å². The van der Waals surface area contributed by atoms with Crippen LogP contribution in [0.2, 0.25) is 0 Å². The molecule has 0 fully saturated rings. The van der Waals surface area contributed by atoms with Crippen molar-refractivity contribution >= 4 is 6.09 Å². The van der Waals surface area contributed by atoms with E-state index in [9.17, 15) is 9.90 Å². The molecular formula is C11H19N2O3-. The maximum atomic E-state index is 10.6. The molecule has 0 aromatic heterocycles. The zero-order valence-electron chi connectivity index (χ0n) is 9.99. The van der Waals surface area contributed by atoms with Crippen LogP contribution in [0.25, 0.3) is 0 Å². The SMILES string of the molecule is CC(C)(C)C1CC=C(CO)CN1NC(=O)[O-]. The molecule has 0 saturated heterocycles. The van der Waals surface area contributed by atoms with Crippen LogP contribution in [0, 0.1) is 5.41 Å². The molecule has 16 heavy (non-hydrogen) atoms. The molecule has 5 nitrogen and oxygen atoms in total. The first kappa shape index (κ1) is 13.0. The van der Waals surface area contributed by atoms with Crippen molar-refractivity contribution in [2.24, 2.45) is 5.41 Å². The minimum atomic E-state index is -1.31. The van der Waals surface area contributed by atoms with Crippen molar-refractivity contribution in [1.82, 2.24) is 10.4 Å². The summed E-state index contributed by atoms with van der Waals surface area (Å²) in [6.07, 6.45) is 1.39. The Morgan fingerprint density at radius 1 is 1.69 bits per heavy atom. The molecule has 0 aliphatic carbocycles. The Bertz CT molecular complexity index is 294. The molecule has 1 aliphatic rings. The van der Waals surface area contributed by atoms with E-state index in [1.165, 1.54) is 0 Å². The van der Waals surface area contributed by atoms with Crippen molar-refractivity contribution in [1.29, 1.82) is 0 Å². The molecule has 5 heteroatoms. The van der Waals surface area contributed by atoms with Crippen LogP contribution in [0.4, 0.5) is 4.79 Å². The molecule has 1 heterocycles. The fourth-order valence-corrected chi connectivity index (χ4v) is 1.97. The zero-order chi connectivity index (χ0) is 12.3. The van der Waals surface area contributed by atoms with Gasteiger partial charge in [-0.3, -0.25) is 0 Å². The lowest BCUT2D eigenvalue weighted by Crippen LogP contribution is -2.58. The molecule has 0 saturated carbocycles. The maximum Gasteiger partial charge on any atom is 0.149 e. The van der Waals surface area contributed by atoms with Crippen molar-refractivity contribution in [3.63, 3.8) is 0 Å². The lowest BCUT2D eigenvalue weighted by atomic mass is 9.82. The standard InChI is InChI=1S/C11H20N2O3/c1-11(2,3)9-5-4-8(7-14)6-13(9)12-10(15)16/h4,9,12,14H,5-7H2,1-3H3,(H,15,16)/p-1. The molecule has 0 spiro atoms. The third-order valence-corrected chi connectivity index (χ3v) is 2.82. The van der Waals surface area contributed by atoms with Crippen molar-refractivity contribution in [3.8, 4) is 0 Å². The Labute approximate surface area is 95.7 Å². The fourth-order valence-electron chi connectivity index (χ4n) is 1.97. The number of rotatable bonds is 2. The number of carbonyl (C=O) groups is 1. The predicted molar refractivity (Wildman–Crippen MR) is 58.3 cm³/mol. The van der Waals surface area contributed by atoms with Crippen molar-refractivity contribution in [2.75, 3.05) is 13.2 Å². The van der Waals surface area contributed by atoms with Crippen molar-refractivity contribution in [2.45, 2.75) is 33.2 Å². The zero-order valence-corrected chi connectivity index (χ0v) is 9.99. The largest absolute Gasteiger partial charge is 0.529 e. The summed E-state index contributed by atoms with van der Waals surface area (Å²) in [6.45, 7) is 6.53. The van der Waals surface area contributed by atoms with Gasteiger partial charge in [-0.1, -0.05) is 26.8 Å². The Hall–Kier alpha value is -1.07. The number of amides is 1. The monoisotopic (exact) mass is 227 g/mol. The number of hydrogen-bond donors (Lipinski definition) is 2. The third-order valence-electron chi connectivity index (χ3n) is 2.82. The second kappa shape index (κ2) is 4.84. The van der Waals surface area contributed by atoms with Crippen LogP contribution in [-0.2, 0) is 0 Å². The van der Waals surface area contributed by atoms with Gasteiger partial charge < -0.3 is 20.4 Å². The van der Waals surface area contributed by atoms with E-state index in [0.29, 0.717) is 6.54 Å². The average molecular weight is 227 g/mol. The van der Waals surface area contributed by atoms with E-state index in [-0.39, 0.29) is 18.1 Å². The molecule has 0 radical (unpaired) electrons. The molecular weight excluding hydrogens is 208 g/mol. The molecule has 1 unspecified atom stereocenters. The van der Waals surface area contributed by atoms with Gasteiger partial charge in [0.15, 0.2) is 0 Å². The topological polar surface area (TPSA) is 75.6 Å². The quantitative estimate of drug-likeness (QED) is 0.645. The highest BCUT2D eigenvalue weighted by Crippen LogP contribution is 2.29.